The molecule has 0 fully saturated rings. The average molecular weight is 406 g/mol. The Bertz CT molecular complexity index is 962. The second-order valence-corrected chi connectivity index (χ2v) is 5.68. The van der Waals surface area contributed by atoms with E-state index in [0.717, 1.165) is 12.1 Å². The summed E-state index contributed by atoms with van der Waals surface area (Å²) < 4.78 is 48.3. The van der Waals surface area contributed by atoms with Crippen LogP contribution in [0.5, 0.6) is 11.5 Å². The van der Waals surface area contributed by atoms with Gasteiger partial charge in [0.05, 0.1) is 19.2 Å². The van der Waals surface area contributed by atoms with Crippen LogP contribution in [0.15, 0.2) is 42.5 Å². The number of ether oxygens (including phenoxy) is 2. The van der Waals surface area contributed by atoms with Gasteiger partial charge in [-0.15, -0.1) is 0 Å². The molecular formula is C20H17F3N2O4. The average Bonchev–Trinajstić information content (AvgIpc) is 2.68. The number of rotatable bonds is 6. The molecule has 0 radical (unpaired) electrons. The van der Waals surface area contributed by atoms with Gasteiger partial charge in [0, 0.05) is 11.1 Å². The normalized spacial score (nSPS) is 10.5. The van der Waals surface area contributed by atoms with Crippen molar-refractivity contribution in [2.45, 2.75) is 6.18 Å². The van der Waals surface area contributed by atoms with Crippen molar-refractivity contribution >= 4 is 11.8 Å². The van der Waals surface area contributed by atoms with E-state index >= 15 is 0 Å². The second kappa shape index (κ2) is 9.50. The third-order valence-electron chi connectivity index (χ3n) is 3.56. The van der Waals surface area contributed by atoms with E-state index in [1.165, 1.54) is 37.4 Å². The summed E-state index contributed by atoms with van der Waals surface area (Å²) in [7, 11) is 1.37. The van der Waals surface area contributed by atoms with Gasteiger partial charge < -0.3 is 20.5 Å². The molecule has 29 heavy (non-hydrogen) atoms. The maximum Gasteiger partial charge on any atom is 0.416 e. The zero-order valence-corrected chi connectivity index (χ0v) is 15.3. The molecule has 0 aliphatic carbocycles. The molecule has 0 unspecified atom stereocenters. The minimum absolute atomic E-state index is 0.0721. The first-order valence-corrected chi connectivity index (χ1v) is 8.24. The summed E-state index contributed by atoms with van der Waals surface area (Å²) in [5.41, 5.74) is 4.65. The first-order chi connectivity index (χ1) is 13.7. The van der Waals surface area contributed by atoms with Crippen LogP contribution in [0, 0.1) is 11.8 Å². The van der Waals surface area contributed by atoms with Crippen LogP contribution >= 0.6 is 0 Å². The number of primary amides is 1. The fourth-order valence-electron chi connectivity index (χ4n) is 2.22. The highest BCUT2D eigenvalue weighted by Crippen LogP contribution is 2.29. The molecule has 6 nitrogen and oxygen atoms in total. The topological polar surface area (TPSA) is 90.7 Å². The molecular weight excluding hydrogens is 389 g/mol. The predicted octanol–water partition coefficient (Wildman–Crippen LogP) is 2.36. The molecule has 9 heteroatoms. The molecule has 0 aliphatic heterocycles. The summed E-state index contributed by atoms with van der Waals surface area (Å²) in [4.78, 5) is 23.0. The van der Waals surface area contributed by atoms with E-state index < -0.39 is 23.6 Å². The highest BCUT2D eigenvalue weighted by Gasteiger charge is 2.30. The van der Waals surface area contributed by atoms with E-state index in [2.05, 4.69) is 17.2 Å². The third-order valence-corrected chi connectivity index (χ3v) is 3.56. The van der Waals surface area contributed by atoms with Gasteiger partial charge >= 0.3 is 6.18 Å². The Balaban J connectivity index is 2.00. The number of carbonyl (C=O) groups excluding carboxylic acids is 2. The number of nitrogens with two attached hydrogens (primary N) is 1. The van der Waals surface area contributed by atoms with Crippen LogP contribution in [0.25, 0.3) is 0 Å². The lowest BCUT2D eigenvalue weighted by Crippen LogP contribution is -2.23. The number of nitrogens with one attached hydrogen (secondary N) is 1. The molecule has 0 atom stereocenters. The smallest absolute Gasteiger partial charge is 0.416 e. The van der Waals surface area contributed by atoms with Gasteiger partial charge in [-0.25, -0.2) is 0 Å². The minimum Gasteiger partial charge on any atom is -0.493 e. The van der Waals surface area contributed by atoms with Gasteiger partial charge in [-0.05, 0) is 36.4 Å². The molecule has 0 heterocycles. The lowest BCUT2D eigenvalue weighted by molar-refractivity contribution is -0.137. The Hall–Kier alpha value is -3.67. The summed E-state index contributed by atoms with van der Waals surface area (Å²) in [6, 6.07) is 8.91. The first-order valence-electron chi connectivity index (χ1n) is 8.24. The van der Waals surface area contributed by atoms with Gasteiger partial charge in [-0.1, -0.05) is 17.9 Å². The van der Waals surface area contributed by atoms with E-state index in [1.807, 2.05) is 0 Å². The summed E-state index contributed by atoms with van der Waals surface area (Å²) in [6.07, 6.45) is -4.45. The molecule has 0 spiro atoms. The quantitative estimate of drug-likeness (QED) is 0.721. The number of alkyl halides is 3. The maximum absolute atomic E-state index is 12.7. The molecule has 2 amide bonds. The Labute approximate surface area is 164 Å². The maximum atomic E-state index is 12.7. The highest BCUT2D eigenvalue weighted by molar-refractivity contribution is 5.95. The Morgan fingerprint density at radius 3 is 2.55 bits per heavy atom. The fraction of sp³-hybridized carbons (Fsp3) is 0.200. The van der Waals surface area contributed by atoms with E-state index in [4.69, 9.17) is 15.2 Å². The zero-order chi connectivity index (χ0) is 21.4. The van der Waals surface area contributed by atoms with E-state index in [1.54, 1.807) is 0 Å². The fourth-order valence-corrected chi connectivity index (χ4v) is 2.22. The summed E-state index contributed by atoms with van der Waals surface area (Å²) in [5.74, 6) is 4.51. The van der Waals surface area contributed by atoms with Crippen molar-refractivity contribution in [2.75, 3.05) is 20.3 Å². The standard InChI is InChI=1S/C20H17F3N2O4/c1-28-17-11-14(7-8-16(17)29-12-18(24)26)19(27)25-9-3-5-13-4-2-6-15(10-13)20(21,22)23/h2,4,6-8,10-11H,9,12H2,1H3,(H2,24,26)(H,25,27). The highest BCUT2D eigenvalue weighted by atomic mass is 19.4. The molecule has 0 aromatic heterocycles. The summed E-state index contributed by atoms with van der Waals surface area (Å²) in [6.45, 7) is -0.412. The number of halogens is 3. The van der Waals surface area contributed by atoms with E-state index in [9.17, 15) is 22.8 Å². The van der Waals surface area contributed by atoms with Crippen molar-refractivity contribution in [3.05, 3.63) is 59.2 Å². The Morgan fingerprint density at radius 1 is 1.14 bits per heavy atom. The molecule has 0 saturated carbocycles. The van der Waals surface area contributed by atoms with Crippen molar-refractivity contribution in [3.63, 3.8) is 0 Å². The van der Waals surface area contributed by atoms with Gasteiger partial charge in [0.25, 0.3) is 11.8 Å². The van der Waals surface area contributed by atoms with Crippen LogP contribution in [-0.2, 0) is 11.0 Å². The van der Waals surface area contributed by atoms with Gasteiger partial charge in [0.1, 0.15) is 0 Å². The van der Waals surface area contributed by atoms with Crippen molar-refractivity contribution < 1.29 is 32.2 Å². The number of hydrogen-bond donors (Lipinski definition) is 2. The van der Waals surface area contributed by atoms with Gasteiger partial charge in [-0.2, -0.15) is 13.2 Å². The molecule has 2 aromatic carbocycles. The molecule has 0 saturated heterocycles. The SMILES string of the molecule is COc1cc(C(=O)NCC#Cc2cccc(C(F)(F)F)c2)ccc1OCC(N)=O. The Kier molecular flexibility index (Phi) is 7.09. The third kappa shape index (κ3) is 6.46. The lowest BCUT2D eigenvalue weighted by atomic mass is 10.1. The summed E-state index contributed by atoms with van der Waals surface area (Å²) >= 11 is 0. The van der Waals surface area contributed by atoms with Crippen LogP contribution in [0.2, 0.25) is 0 Å². The van der Waals surface area contributed by atoms with Gasteiger partial charge in [0.2, 0.25) is 0 Å². The molecule has 2 rings (SSSR count). The monoisotopic (exact) mass is 406 g/mol. The molecule has 2 aromatic rings. The van der Waals surface area contributed by atoms with Crippen molar-refractivity contribution in [1.29, 1.82) is 0 Å². The number of methoxy groups -OCH3 is 1. The number of carbonyl (C=O) groups is 2. The van der Waals surface area contributed by atoms with Crippen LogP contribution in [-0.4, -0.2) is 32.1 Å². The van der Waals surface area contributed by atoms with Gasteiger partial charge in [-0.3, -0.25) is 9.59 Å². The second-order valence-electron chi connectivity index (χ2n) is 5.68. The number of hydrogen-bond acceptors (Lipinski definition) is 4. The largest absolute Gasteiger partial charge is 0.493 e. The van der Waals surface area contributed by atoms with Crippen LogP contribution in [0.4, 0.5) is 13.2 Å². The minimum atomic E-state index is -4.45. The number of amides is 2. The molecule has 3 N–H and O–H groups in total. The lowest BCUT2D eigenvalue weighted by Gasteiger charge is -2.11. The molecule has 152 valence electrons. The predicted molar refractivity (Wildman–Crippen MR) is 98.3 cm³/mol. The molecule has 0 aliphatic rings. The van der Waals surface area contributed by atoms with E-state index in [0.29, 0.717) is 0 Å². The van der Waals surface area contributed by atoms with Crippen molar-refractivity contribution in [3.8, 4) is 23.3 Å². The molecule has 0 bridgehead atoms. The number of benzene rings is 2. The van der Waals surface area contributed by atoms with Crippen molar-refractivity contribution in [2.24, 2.45) is 5.73 Å². The summed E-state index contributed by atoms with van der Waals surface area (Å²) in [5, 5.41) is 2.53. The van der Waals surface area contributed by atoms with Crippen molar-refractivity contribution in [1.82, 2.24) is 5.32 Å². The van der Waals surface area contributed by atoms with Crippen LogP contribution in [0.1, 0.15) is 21.5 Å². The Morgan fingerprint density at radius 2 is 1.90 bits per heavy atom. The first kappa shape index (κ1) is 21.6. The van der Waals surface area contributed by atoms with Gasteiger partial charge in [0.15, 0.2) is 18.1 Å². The van der Waals surface area contributed by atoms with E-state index in [-0.39, 0.29) is 35.8 Å². The zero-order valence-electron chi connectivity index (χ0n) is 15.3. The van der Waals surface area contributed by atoms with Crippen LogP contribution in [0.3, 0.4) is 0 Å². The van der Waals surface area contributed by atoms with Crippen LogP contribution < -0.4 is 20.5 Å².